The lowest BCUT2D eigenvalue weighted by Gasteiger charge is -2.43. The molecule has 8 heteroatoms. The van der Waals surface area contributed by atoms with Crippen molar-refractivity contribution in [3.8, 4) is 0 Å². The molecule has 1 aromatic heterocycles. The zero-order valence-corrected chi connectivity index (χ0v) is 12.3. The number of fused-ring (bicyclic) bond motifs is 1. The van der Waals surface area contributed by atoms with Gasteiger partial charge in [0.25, 0.3) is 0 Å². The Morgan fingerprint density at radius 3 is 3.20 bits per heavy atom. The summed E-state index contributed by atoms with van der Waals surface area (Å²) in [6.45, 7) is 1.28. The van der Waals surface area contributed by atoms with Gasteiger partial charge in [0.1, 0.15) is 5.54 Å². The number of hydrogen-bond donors (Lipinski definition) is 3. The van der Waals surface area contributed by atoms with Crippen LogP contribution in [0, 0.1) is 5.92 Å². The maximum absolute atomic E-state index is 10.8. The number of aliphatic imine (C=N–C) groups is 1. The largest absolute Gasteiger partial charge is 0.465 e. The summed E-state index contributed by atoms with van der Waals surface area (Å²) < 4.78 is 5.56. The van der Waals surface area contributed by atoms with Crippen LogP contribution < -0.4 is 11.1 Å². The van der Waals surface area contributed by atoms with Gasteiger partial charge in [-0.1, -0.05) is 11.8 Å². The number of ether oxygens (including phenoxy) is 1. The Bertz CT molecular complexity index is 560. The summed E-state index contributed by atoms with van der Waals surface area (Å²) in [4.78, 5) is 16.6. The van der Waals surface area contributed by atoms with E-state index in [1.807, 2.05) is 11.4 Å². The fourth-order valence-electron chi connectivity index (χ4n) is 2.63. The first kappa shape index (κ1) is 13.7. The van der Waals surface area contributed by atoms with Crippen molar-refractivity contribution in [3.05, 3.63) is 16.3 Å². The number of thiophene rings is 1. The number of nitrogens with zero attached hydrogens (tertiary/aromatic N) is 1. The van der Waals surface area contributed by atoms with Gasteiger partial charge in [0, 0.05) is 40.6 Å². The van der Waals surface area contributed by atoms with Crippen molar-refractivity contribution >= 4 is 40.0 Å². The molecule has 0 saturated carbocycles. The van der Waals surface area contributed by atoms with E-state index in [0.29, 0.717) is 18.4 Å². The average Bonchev–Trinajstić information content (AvgIpc) is 2.85. The summed E-state index contributed by atoms with van der Waals surface area (Å²) in [6.07, 6.45) is -0.328. The fraction of sp³-hybridized carbons (Fsp3) is 0.500. The van der Waals surface area contributed by atoms with Crippen LogP contribution in [-0.4, -0.2) is 35.3 Å². The molecule has 2 aliphatic heterocycles. The first-order chi connectivity index (χ1) is 9.60. The lowest BCUT2D eigenvalue weighted by molar-refractivity contribution is 0.0113. The van der Waals surface area contributed by atoms with Gasteiger partial charge in [-0.25, -0.2) is 9.79 Å². The Kier molecular flexibility index (Phi) is 3.61. The first-order valence-corrected chi connectivity index (χ1v) is 8.11. The number of nitrogens with one attached hydrogen (secondary N) is 1. The topological polar surface area (TPSA) is 96.9 Å². The third kappa shape index (κ3) is 2.38. The van der Waals surface area contributed by atoms with E-state index in [1.54, 1.807) is 11.3 Å². The van der Waals surface area contributed by atoms with Crippen LogP contribution in [0.5, 0.6) is 0 Å². The van der Waals surface area contributed by atoms with Crippen LogP contribution in [-0.2, 0) is 10.3 Å². The van der Waals surface area contributed by atoms with Gasteiger partial charge >= 0.3 is 6.09 Å². The highest BCUT2D eigenvalue weighted by molar-refractivity contribution is 8.13. The molecule has 108 valence electrons. The second-order valence-corrected chi connectivity index (χ2v) is 6.77. The van der Waals surface area contributed by atoms with Gasteiger partial charge in [-0.05, 0) is 6.07 Å². The summed E-state index contributed by atoms with van der Waals surface area (Å²) in [5.41, 5.74) is 6.16. The Balaban J connectivity index is 2.01. The van der Waals surface area contributed by atoms with Crippen molar-refractivity contribution in [2.45, 2.75) is 12.0 Å². The van der Waals surface area contributed by atoms with Crippen molar-refractivity contribution in [2.24, 2.45) is 10.9 Å². The van der Waals surface area contributed by atoms with Crippen molar-refractivity contribution in [3.63, 3.8) is 0 Å². The van der Waals surface area contributed by atoms with Crippen LogP contribution in [0.1, 0.15) is 11.3 Å². The van der Waals surface area contributed by atoms with Gasteiger partial charge in [0.05, 0.1) is 6.61 Å². The van der Waals surface area contributed by atoms with E-state index >= 15 is 0 Å². The van der Waals surface area contributed by atoms with E-state index in [1.165, 1.54) is 11.8 Å². The molecule has 2 unspecified atom stereocenters. The second kappa shape index (κ2) is 5.27. The number of amidine groups is 1. The zero-order valence-electron chi connectivity index (χ0n) is 10.7. The van der Waals surface area contributed by atoms with Gasteiger partial charge in [-0.2, -0.15) is 0 Å². The predicted molar refractivity (Wildman–Crippen MR) is 80.4 cm³/mol. The molecule has 0 spiro atoms. The van der Waals surface area contributed by atoms with E-state index in [-0.39, 0.29) is 5.92 Å². The predicted octanol–water partition coefficient (Wildman–Crippen LogP) is 1.93. The van der Waals surface area contributed by atoms with Crippen LogP contribution in [0.4, 0.5) is 10.5 Å². The van der Waals surface area contributed by atoms with Gasteiger partial charge in [0.15, 0.2) is 5.17 Å². The van der Waals surface area contributed by atoms with Gasteiger partial charge < -0.3 is 15.6 Å². The summed E-state index contributed by atoms with van der Waals surface area (Å²) in [6, 6.07) is 1.95. The normalized spacial score (nSPS) is 29.4. The summed E-state index contributed by atoms with van der Waals surface area (Å²) in [5, 5.41) is 13.6. The summed E-state index contributed by atoms with van der Waals surface area (Å²) >= 11 is 3.01. The van der Waals surface area contributed by atoms with Crippen LogP contribution >= 0.6 is 23.1 Å². The highest BCUT2D eigenvalue weighted by Gasteiger charge is 2.46. The molecule has 1 fully saturated rings. The number of rotatable bonds is 1. The minimum absolute atomic E-state index is 0.249. The van der Waals surface area contributed by atoms with Crippen LogP contribution in [0.25, 0.3) is 0 Å². The molecule has 20 heavy (non-hydrogen) atoms. The maximum atomic E-state index is 10.8. The highest BCUT2D eigenvalue weighted by Crippen LogP contribution is 2.47. The van der Waals surface area contributed by atoms with E-state index in [9.17, 15) is 4.79 Å². The minimum Gasteiger partial charge on any atom is -0.465 e. The SMILES string of the molecule is Nc1csc(C23CCOCC2CSC(NC(=O)O)=N3)c1. The molecule has 1 saturated heterocycles. The molecular formula is C12H15N3O3S2. The van der Waals surface area contributed by atoms with Crippen molar-refractivity contribution < 1.29 is 14.6 Å². The highest BCUT2D eigenvalue weighted by atomic mass is 32.2. The van der Waals surface area contributed by atoms with Gasteiger partial charge in [0.2, 0.25) is 0 Å². The molecule has 0 aliphatic carbocycles. The molecule has 1 aromatic rings. The van der Waals surface area contributed by atoms with Crippen LogP contribution in [0.15, 0.2) is 16.4 Å². The Hall–Kier alpha value is -1.25. The van der Waals surface area contributed by atoms with E-state index in [2.05, 4.69) is 5.32 Å². The lowest BCUT2D eigenvalue weighted by Crippen LogP contribution is -2.47. The van der Waals surface area contributed by atoms with E-state index in [4.69, 9.17) is 20.6 Å². The number of hydrogen-bond acceptors (Lipinski definition) is 6. The molecular weight excluding hydrogens is 298 g/mol. The molecule has 3 heterocycles. The Morgan fingerprint density at radius 2 is 2.50 bits per heavy atom. The quantitative estimate of drug-likeness (QED) is 0.736. The van der Waals surface area contributed by atoms with E-state index < -0.39 is 11.6 Å². The zero-order chi connectivity index (χ0) is 14.2. The Morgan fingerprint density at radius 1 is 1.65 bits per heavy atom. The standard InChI is InChI=1S/C12H15N3O3S2/c13-8-3-9(19-6-8)12-1-2-18-4-7(12)5-20-10(15-12)14-11(16)17/h3,6-7H,1-2,4-5,13H2,(H,14,15)(H,16,17). The summed E-state index contributed by atoms with van der Waals surface area (Å²) in [7, 11) is 0. The fourth-order valence-corrected chi connectivity index (χ4v) is 4.81. The molecule has 2 atom stereocenters. The Labute approximate surface area is 124 Å². The molecule has 0 radical (unpaired) electrons. The molecule has 2 aliphatic rings. The van der Waals surface area contributed by atoms with Crippen LogP contribution in [0.3, 0.4) is 0 Å². The first-order valence-electron chi connectivity index (χ1n) is 6.25. The maximum Gasteiger partial charge on any atom is 0.410 e. The lowest BCUT2D eigenvalue weighted by atomic mass is 9.80. The molecule has 4 N–H and O–H groups in total. The van der Waals surface area contributed by atoms with Crippen molar-refractivity contribution in [1.29, 1.82) is 0 Å². The third-order valence-corrected chi connectivity index (χ3v) is 5.76. The molecule has 3 rings (SSSR count). The number of thioether (sulfide) groups is 1. The summed E-state index contributed by atoms with van der Waals surface area (Å²) in [5.74, 6) is 1.04. The number of anilines is 1. The average molecular weight is 313 g/mol. The third-order valence-electron chi connectivity index (χ3n) is 3.60. The number of nitrogen functional groups attached to an aromatic ring is 1. The van der Waals surface area contributed by atoms with Crippen molar-refractivity contribution in [2.75, 3.05) is 24.7 Å². The number of amides is 1. The number of carboxylic acid groups (broad SMARTS) is 1. The molecule has 0 bridgehead atoms. The molecule has 0 aromatic carbocycles. The monoisotopic (exact) mass is 313 g/mol. The minimum atomic E-state index is -1.08. The van der Waals surface area contributed by atoms with Crippen LogP contribution in [0.2, 0.25) is 0 Å². The van der Waals surface area contributed by atoms with Crippen molar-refractivity contribution in [1.82, 2.24) is 5.32 Å². The van der Waals surface area contributed by atoms with Gasteiger partial charge in [-0.3, -0.25) is 5.32 Å². The number of carbonyl (C=O) groups is 1. The van der Waals surface area contributed by atoms with E-state index in [0.717, 1.165) is 22.7 Å². The molecule has 6 nitrogen and oxygen atoms in total. The number of nitrogens with two attached hydrogens (primary N) is 1. The second-order valence-electron chi connectivity index (χ2n) is 4.85. The smallest absolute Gasteiger partial charge is 0.410 e. The van der Waals surface area contributed by atoms with Gasteiger partial charge in [-0.15, -0.1) is 11.3 Å². The molecule has 1 amide bonds.